The van der Waals surface area contributed by atoms with E-state index in [1.807, 2.05) is 18.2 Å². The number of nitrogens with zero attached hydrogens (tertiary/aromatic N) is 1. The first-order valence-corrected chi connectivity index (χ1v) is 9.62. The molecule has 3 rings (SSSR count). The maximum Gasteiger partial charge on any atom is 0.323 e. The van der Waals surface area contributed by atoms with Gasteiger partial charge in [0.2, 0.25) is 0 Å². The highest BCUT2D eigenvalue weighted by Crippen LogP contribution is 2.43. The van der Waals surface area contributed by atoms with Crippen LogP contribution in [0.2, 0.25) is 0 Å². The van der Waals surface area contributed by atoms with Crippen LogP contribution in [-0.2, 0) is 0 Å². The Morgan fingerprint density at radius 2 is 2.16 bits per heavy atom. The molecule has 25 heavy (non-hydrogen) atoms. The van der Waals surface area contributed by atoms with Crippen LogP contribution in [0.15, 0.2) is 40.9 Å². The molecule has 132 valence electrons. The van der Waals surface area contributed by atoms with Crippen LogP contribution in [0.4, 0.5) is 14.9 Å². The van der Waals surface area contributed by atoms with Crippen LogP contribution in [0.3, 0.4) is 0 Å². The molecule has 0 saturated carbocycles. The molecule has 0 aliphatic carbocycles. The quantitative estimate of drug-likeness (QED) is 0.737. The molecule has 2 amide bonds. The molecule has 2 aromatic rings. The van der Waals surface area contributed by atoms with Crippen LogP contribution in [0.5, 0.6) is 5.75 Å². The standard InChI is InChI=1S/C18H18BrFN2O2S/c1-11-3-5-13(10-15(11)20)21-18(23)22-7-8-25-17(22)14-9-12(19)4-6-16(14)24-2/h3-6,9-10,17H,7-8H2,1-2H3,(H,21,23). The van der Waals surface area contributed by atoms with Crippen molar-refractivity contribution in [2.24, 2.45) is 0 Å². The van der Waals surface area contributed by atoms with E-state index in [-0.39, 0.29) is 17.2 Å². The van der Waals surface area contributed by atoms with Gasteiger partial charge < -0.3 is 15.0 Å². The zero-order valence-electron chi connectivity index (χ0n) is 13.9. The van der Waals surface area contributed by atoms with Gasteiger partial charge in [-0.15, -0.1) is 11.8 Å². The minimum Gasteiger partial charge on any atom is -0.496 e. The van der Waals surface area contributed by atoms with E-state index in [4.69, 9.17) is 4.74 Å². The highest BCUT2D eigenvalue weighted by molar-refractivity contribution is 9.10. The lowest BCUT2D eigenvalue weighted by Crippen LogP contribution is -2.34. The fourth-order valence-corrected chi connectivity index (χ4v) is 4.35. The largest absolute Gasteiger partial charge is 0.496 e. The molecule has 1 aliphatic rings. The fraction of sp³-hybridized carbons (Fsp3) is 0.278. The number of benzene rings is 2. The van der Waals surface area contributed by atoms with E-state index in [1.54, 1.807) is 42.8 Å². The predicted molar refractivity (Wildman–Crippen MR) is 103 cm³/mol. The lowest BCUT2D eigenvalue weighted by atomic mass is 10.2. The average molecular weight is 425 g/mol. The molecule has 1 fully saturated rings. The average Bonchev–Trinajstić information content (AvgIpc) is 3.08. The van der Waals surface area contributed by atoms with Crippen molar-refractivity contribution in [1.82, 2.24) is 4.90 Å². The van der Waals surface area contributed by atoms with Crippen molar-refractivity contribution in [2.75, 3.05) is 24.7 Å². The van der Waals surface area contributed by atoms with Crippen molar-refractivity contribution in [2.45, 2.75) is 12.3 Å². The maximum atomic E-state index is 13.7. The number of carbonyl (C=O) groups excluding carboxylic acids is 1. The van der Waals surface area contributed by atoms with Gasteiger partial charge in [0.25, 0.3) is 0 Å². The van der Waals surface area contributed by atoms with E-state index in [0.29, 0.717) is 17.8 Å². The van der Waals surface area contributed by atoms with Crippen molar-refractivity contribution in [3.8, 4) is 5.75 Å². The molecule has 4 nitrogen and oxygen atoms in total. The third-order valence-electron chi connectivity index (χ3n) is 4.03. The molecule has 1 atom stereocenters. The summed E-state index contributed by atoms with van der Waals surface area (Å²) in [5.41, 5.74) is 1.93. The van der Waals surface area contributed by atoms with Gasteiger partial charge in [-0.25, -0.2) is 9.18 Å². The summed E-state index contributed by atoms with van der Waals surface area (Å²) in [5, 5.41) is 2.63. The van der Waals surface area contributed by atoms with Gasteiger partial charge in [-0.1, -0.05) is 22.0 Å². The number of anilines is 1. The Balaban J connectivity index is 1.82. The van der Waals surface area contributed by atoms with Crippen LogP contribution in [0.25, 0.3) is 0 Å². The van der Waals surface area contributed by atoms with Gasteiger partial charge in [-0.05, 0) is 42.8 Å². The van der Waals surface area contributed by atoms with Gasteiger partial charge in [-0.3, -0.25) is 0 Å². The van der Waals surface area contributed by atoms with Crippen LogP contribution in [0.1, 0.15) is 16.5 Å². The maximum absolute atomic E-state index is 13.7. The second kappa shape index (κ2) is 7.66. The number of rotatable bonds is 3. The Labute approximate surface area is 158 Å². The molecule has 1 aliphatic heterocycles. The molecule has 1 saturated heterocycles. The lowest BCUT2D eigenvalue weighted by Gasteiger charge is -2.26. The number of hydrogen-bond acceptors (Lipinski definition) is 3. The minimum atomic E-state index is -0.334. The summed E-state index contributed by atoms with van der Waals surface area (Å²) in [5.74, 6) is 1.23. The molecule has 7 heteroatoms. The molecule has 0 radical (unpaired) electrons. The van der Waals surface area contributed by atoms with Crippen LogP contribution in [-0.4, -0.2) is 30.3 Å². The van der Waals surface area contributed by atoms with E-state index in [0.717, 1.165) is 21.5 Å². The van der Waals surface area contributed by atoms with Crippen LogP contribution >= 0.6 is 27.7 Å². The van der Waals surface area contributed by atoms with Crippen molar-refractivity contribution in [1.29, 1.82) is 0 Å². The first-order valence-electron chi connectivity index (χ1n) is 7.78. The summed E-state index contributed by atoms with van der Waals surface area (Å²) in [4.78, 5) is 14.4. The molecular weight excluding hydrogens is 407 g/mol. The summed E-state index contributed by atoms with van der Waals surface area (Å²) in [6.45, 7) is 2.30. The van der Waals surface area contributed by atoms with Crippen molar-refractivity contribution >= 4 is 39.4 Å². The number of methoxy groups -OCH3 is 1. The summed E-state index contributed by atoms with van der Waals surface area (Å²) >= 11 is 5.15. The Morgan fingerprint density at radius 1 is 1.36 bits per heavy atom. The van der Waals surface area contributed by atoms with Crippen molar-refractivity contribution in [3.05, 3.63) is 57.8 Å². The number of halogens is 2. The van der Waals surface area contributed by atoms with Gasteiger partial charge in [0.05, 0.1) is 7.11 Å². The summed E-state index contributed by atoms with van der Waals surface area (Å²) in [7, 11) is 1.62. The third kappa shape index (κ3) is 3.93. The highest BCUT2D eigenvalue weighted by Gasteiger charge is 2.32. The first kappa shape index (κ1) is 18.1. The summed E-state index contributed by atoms with van der Waals surface area (Å²) in [6.07, 6.45) is 0. The SMILES string of the molecule is COc1ccc(Br)cc1C1SCCN1C(=O)Nc1ccc(C)c(F)c1. The Morgan fingerprint density at radius 3 is 2.88 bits per heavy atom. The van der Waals surface area contributed by atoms with Gasteiger partial charge in [0, 0.05) is 28.0 Å². The van der Waals surface area contributed by atoms with Gasteiger partial charge in [-0.2, -0.15) is 0 Å². The molecule has 0 aromatic heterocycles. The molecule has 1 unspecified atom stereocenters. The van der Waals surface area contributed by atoms with E-state index in [2.05, 4.69) is 21.2 Å². The van der Waals surface area contributed by atoms with Gasteiger partial charge in [0.1, 0.15) is 16.9 Å². The topological polar surface area (TPSA) is 41.6 Å². The van der Waals surface area contributed by atoms with E-state index in [1.165, 1.54) is 6.07 Å². The van der Waals surface area contributed by atoms with Gasteiger partial charge in [0.15, 0.2) is 0 Å². The number of ether oxygens (including phenoxy) is 1. The molecule has 0 bridgehead atoms. The second-order valence-electron chi connectivity index (χ2n) is 5.70. The highest BCUT2D eigenvalue weighted by atomic mass is 79.9. The zero-order valence-corrected chi connectivity index (χ0v) is 16.3. The number of thioether (sulfide) groups is 1. The zero-order chi connectivity index (χ0) is 18.0. The second-order valence-corrected chi connectivity index (χ2v) is 7.80. The first-order chi connectivity index (χ1) is 12.0. The van der Waals surface area contributed by atoms with E-state index in [9.17, 15) is 9.18 Å². The van der Waals surface area contributed by atoms with Gasteiger partial charge >= 0.3 is 6.03 Å². The number of carbonyl (C=O) groups is 1. The molecule has 1 heterocycles. The van der Waals surface area contributed by atoms with Crippen LogP contribution in [0, 0.1) is 12.7 Å². The number of hydrogen-bond donors (Lipinski definition) is 1. The minimum absolute atomic E-state index is 0.150. The number of urea groups is 1. The number of aryl methyl sites for hydroxylation is 1. The van der Waals surface area contributed by atoms with Crippen molar-refractivity contribution < 1.29 is 13.9 Å². The summed E-state index contributed by atoms with van der Waals surface area (Å²) < 4.78 is 20.1. The Bertz CT molecular complexity index is 803. The normalized spacial score (nSPS) is 16.8. The van der Waals surface area contributed by atoms with Crippen molar-refractivity contribution in [3.63, 3.8) is 0 Å². The number of amides is 2. The smallest absolute Gasteiger partial charge is 0.323 e. The molecule has 2 aromatic carbocycles. The summed E-state index contributed by atoms with van der Waals surface area (Å²) in [6, 6.07) is 10.2. The predicted octanol–water partition coefficient (Wildman–Crippen LogP) is 5.18. The lowest BCUT2D eigenvalue weighted by molar-refractivity contribution is 0.213. The fourth-order valence-electron chi connectivity index (χ4n) is 2.70. The monoisotopic (exact) mass is 424 g/mol. The third-order valence-corrected chi connectivity index (χ3v) is 5.77. The van der Waals surface area contributed by atoms with E-state index >= 15 is 0 Å². The van der Waals surface area contributed by atoms with Crippen LogP contribution < -0.4 is 10.1 Å². The Hall–Kier alpha value is -1.73. The molecule has 1 N–H and O–H groups in total. The molecular formula is C18H18BrFN2O2S. The molecule has 0 spiro atoms. The van der Waals surface area contributed by atoms with E-state index < -0.39 is 0 Å². The Kier molecular flexibility index (Phi) is 5.54. The number of nitrogens with one attached hydrogen (secondary N) is 1.